The van der Waals surface area contributed by atoms with Crippen molar-refractivity contribution in [3.63, 3.8) is 0 Å². The predicted molar refractivity (Wildman–Crippen MR) is 107 cm³/mol. The lowest BCUT2D eigenvalue weighted by Crippen LogP contribution is -2.07. The molecule has 0 bridgehead atoms. The molecule has 0 spiro atoms. The average Bonchev–Trinajstić information content (AvgIpc) is 2.93. The molecule has 1 aliphatic carbocycles. The van der Waals surface area contributed by atoms with Crippen LogP contribution in [0.5, 0.6) is 17.5 Å². The molecule has 1 aliphatic heterocycles. The summed E-state index contributed by atoms with van der Waals surface area (Å²) in [5.41, 5.74) is 3.33. The Hall–Kier alpha value is -1.98. The number of rotatable bonds is 4. The molecule has 26 heavy (non-hydrogen) atoms. The van der Waals surface area contributed by atoms with Crippen LogP contribution in [0.1, 0.15) is 24.0 Å². The second kappa shape index (κ2) is 7.33. The molecular formula is C20H20ClNO3S. The molecule has 4 nitrogen and oxygen atoms in total. The smallest absolute Gasteiger partial charge is 0.206 e. The van der Waals surface area contributed by atoms with Crippen molar-refractivity contribution < 1.29 is 14.9 Å². The molecule has 2 aliphatic rings. The largest absolute Gasteiger partial charge is 0.494 e. The summed E-state index contributed by atoms with van der Waals surface area (Å²) in [6.07, 6.45) is 8.70. The van der Waals surface area contributed by atoms with Gasteiger partial charge in [0.25, 0.3) is 0 Å². The molecule has 0 unspecified atom stereocenters. The standard InChI is InChI=1S/C20H20ClNO3S/c21-17-8-7-14(10-18(17)25-11-13-4-3-9-26-12-13)22-19(23)15-5-1-2-6-16(15)20(22)24/h1,4-5,7-8,10,23-24H,2-3,6,9,11-12H2. The number of nitrogens with zero attached hydrogens (tertiary/aromatic N) is 1. The third-order valence-electron chi connectivity index (χ3n) is 4.67. The number of aromatic nitrogens is 1. The van der Waals surface area contributed by atoms with E-state index in [0.717, 1.165) is 29.9 Å². The molecular weight excluding hydrogens is 370 g/mol. The van der Waals surface area contributed by atoms with Gasteiger partial charge in [0.05, 0.1) is 10.7 Å². The van der Waals surface area contributed by atoms with Gasteiger partial charge in [-0.15, -0.1) is 0 Å². The fourth-order valence-corrected chi connectivity index (χ4v) is 4.39. The van der Waals surface area contributed by atoms with Crippen LogP contribution in [0.2, 0.25) is 5.02 Å². The van der Waals surface area contributed by atoms with Gasteiger partial charge in [-0.2, -0.15) is 11.8 Å². The minimum absolute atomic E-state index is 0.0353. The minimum Gasteiger partial charge on any atom is -0.494 e. The molecule has 1 aromatic heterocycles. The molecule has 2 heterocycles. The molecule has 2 N–H and O–H groups in total. The van der Waals surface area contributed by atoms with Crippen molar-refractivity contribution in [3.8, 4) is 23.2 Å². The van der Waals surface area contributed by atoms with Gasteiger partial charge in [0.15, 0.2) is 0 Å². The lowest BCUT2D eigenvalue weighted by molar-refractivity contribution is 0.351. The fraction of sp³-hybridized carbons (Fsp3) is 0.300. The molecule has 2 aromatic rings. The highest BCUT2D eigenvalue weighted by molar-refractivity contribution is 7.99. The minimum atomic E-state index is 0.0353. The fourth-order valence-electron chi connectivity index (χ4n) is 3.33. The van der Waals surface area contributed by atoms with Gasteiger partial charge in [0.1, 0.15) is 12.4 Å². The van der Waals surface area contributed by atoms with Crippen molar-refractivity contribution in [2.75, 3.05) is 18.1 Å². The number of aromatic hydroxyl groups is 2. The Bertz CT molecular complexity index is 901. The van der Waals surface area contributed by atoms with E-state index in [2.05, 4.69) is 6.08 Å². The molecule has 0 atom stereocenters. The van der Waals surface area contributed by atoms with Gasteiger partial charge < -0.3 is 14.9 Å². The maximum absolute atomic E-state index is 10.6. The van der Waals surface area contributed by atoms with Gasteiger partial charge >= 0.3 is 0 Å². The van der Waals surface area contributed by atoms with E-state index in [0.29, 0.717) is 35.1 Å². The molecule has 0 fully saturated rings. The Kier molecular flexibility index (Phi) is 4.92. The molecule has 136 valence electrons. The SMILES string of the molecule is Oc1c2c(c(O)n1-c1ccc(Cl)c(OCC3=CCCSC3)c1)CCC=C2. The van der Waals surface area contributed by atoms with E-state index in [1.165, 1.54) is 10.1 Å². The highest BCUT2D eigenvalue weighted by Crippen LogP contribution is 2.41. The molecule has 0 amide bonds. The summed E-state index contributed by atoms with van der Waals surface area (Å²) in [6, 6.07) is 5.25. The first kappa shape index (κ1) is 17.4. The topological polar surface area (TPSA) is 54.6 Å². The van der Waals surface area contributed by atoms with Crippen LogP contribution in [-0.4, -0.2) is 32.9 Å². The first-order valence-electron chi connectivity index (χ1n) is 8.65. The molecule has 0 saturated heterocycles. The summed E-state index contributed by atoms with van der Waals surface area (Å²) >= 11 is 8.19. The van der Waals surface area contributed by atoms with E-state index in [4.69, 9.17) is 16.3 Å². The Balaban J connectivity index is 1.65. The summed E-state index contributed by atoms with van der Waals surface area (Å²) < 4.78 is 7.36. The number of hydrogen-bond acceptors (Lipinski definition) is 4. The van der Waals surface area contributed by atoms with E-state index in [-0.39, 0.29) is 11.8 Å². The normalized spacial score (nSPS) is 16.3. The third-order valence-corrected chi connectivity index (χ3v) is 6.09. The zero-order valence-corrected chi connectivity index (χ0v) is 15.8. The average molecular weight is 390 g/mol. The van der Waals surface area contributed by atoms with Crippen LogP contribution < -0.4 is 4.74 Å². The van der Waals surface area contributed by atoms with Gasteiger partial charge in [-0.3, -0.25) is 4.57 Å². The van der Waals surface area contributed by atoms with Gasteiger partial charge in [-0.25, -0.2) is 0 Å². The highest BCUT2D eigenvalue weighted by Gasteiger charge is 2.23. The zero-order chi connectivity index (χ0) is 18.1. The van der Waals surface area contributed by atoms with Crippen molar-refractivity contribution in [3.05, 3.63) is 52.1 Å². The Morgan fingerprint density at radius 1 is 1.19 bits per heavy atom. The molecule has 6 heteroatoms. The zero-order valence-electron chi connectivity index (χ0n) is 14.2. The third kappa shape index (κ3) is 3.21. The molecule has 0 saturated carbocycles. The van der Waals surface area contributed by atoms with Gasteiger partial charge in [0, 0.05) is 22.9 Å². The van der Waals surface area contributed by atoms with Crippen LogP contribution in [0.25, 0.3) is 11.8 Å². The lowest BCUT2D eigenvalue weighted by Gasteiger charge is -2.15. The Labute approximate surface area is 161 Å². The lowest BCUT2D eigenvalue weighted by atomic mass is 10.0. The van der Waals surface area contributed by atoms with Crippen molar-refractivity contribution in [1.82, 2.24) is 4.57 Å². The van der Waals surface area contributed by atoms with Gasteiger partial charge in [-0.1, -0.05) is 29.8 Å². The number of thioether (sulfide) groups is 1. The Morgan fingerprint density at radius 2 is 2.08 bits per heavy atom. The maximum atomic E-state index is 10.6. The number of allylic oxidation sites excluding steroid dienone is 2. The summed E-state index contributed by atoms with van der Waals surface area (Å²) in [5.74, 6) is 2.79. The second-order valence-electron chi connectivity index (χ2n) is 6.42. The van der Waals surface area contributed by atoms with Crippen LogP contribution in [0.4, 0.5) is 0 Å². The van der Waals surface area contributed by atoms with Crippen molar-refractivity contribution in [1.29, 1.82) is 0 Å². The molecule has 0 radical (unpaired) electrons. The second-order valence-corrected chi connectivity index (χ2v) is 7.94. The van der Waals surface area contributed by atoms with Crippen molar-refractivity contribution in [2.24, 2.45) is 0 Å². The van der Waals surface area contributed by atoms with E-state index < -0.39 is 0 Å². The number of ether oxygens (including phenoxy) is 1. The molecule has 1 aromatic carbocycles. The monoisotopic (exact) mass is 389 g/mol. The maximum Gasteiger partial charge on any atom is 0.206 e. The van der Waals surface area contributed by atoms with Crippen LogP contribution in [0.15, 0.2) is 35.9 Å². The van der Waals surface area contributed by atoms with Crippen LogP contribution >= 0.6 is 23.4 Å². The summed E-state index contributed by atoms with van der Waals surface area (Å²) in [4.78, 5) is 0. The van der Waals surface area contributed by atoms with Gasteiger partial charge in [0.2, 0.25) is 11.8 Å². The van der Waals surface area contributed by atoms with Crippen LogP contribution in [-0.2, 0) is 6.42 Å². The highest BCUT2D eigenvalue weighted by atomic mass is 35.5. The van der Waals surface area contributed by atoms with Crippen molar-refractivity contribution in [2.45, 2.75) is 19.3 Å². The summed E-state index contributed by atoms with van der Waals surface area (Å²) in [6.45, 7) is 0.499. The van der Waals surface area contributed by atoms with E-state index in [9.17, 15) is 10.2 Å². The van der Waals surface area contributed by atoms with Gasteiger partial charge in [-0.05, 0) is 42.7 Å². The predicted octanol–water partition coefficient (Wildman–Crippen LogP) is 4.94. The van der Waals surface area contributed by atoms with Crippen LogP contribution in [0.3, 0.4) is 0 Å². The van der Waals surface area contributed by atoms with Crippen molar-refractivity contribution >= 4 is 29.4 Å². The summed E-state index contributed by atoms with van der Waals surface area (Å²) in [7, 11) is 0. The van der Waals surface area contributed by atoms with E-state index >= 15 is 0 Å². The van der Waals surface area contributed by atoms with E-state index in [1.807, 2.05) is 23.9 Å². The number of benzene rings is 1. The molecule has 4 rings (SSSR count). The Morgan fingerprint density at radius 3 is 2.85 bits per heavy atom. The number of halogens is 1. The first-order valence-corrected chi connectivity index (χ1v) is 10.2. The number of fused-ring (bicyclic) bond motifs is 1. The van der Waals surface area contributed by atoms with Crippen LogP contribution in [0, 0.1) is 0 Å². The quantitative estimate of drug-likeness (QED) is 0.727. The number of hydrogen-bond donors (Lipinski definition) is 2. The first-order chi connectivity index (χ1) is 12.6. The summed E-state index contributed by atoms with van der Waals surface area (Å²) in [5, 5.41) is 21.7. The van der Waals surface area contributed by atoms with E-state index in [1.54, 1.807) is 18.2 Å².